The summed E-state index contributed by atoms with van der Waals surface area (Å²) in [5.41, 5.74) is 6.99. The molecule has 1 aromatic rings. The lowest BCUT2D eigenvalue weighted by molar-refractivity contribution is 0.0601. The number of nitrogens with two attached hydrogens (primary N) is 1. The molecule has 88 valence electrons. The van der Waals surface area contributed by atoms with Crippen LogP contribution >= 0.6 is 11.6 Å². The summed E-state index contributed by atoms with van der Waals surface area (Å²) in [4.78, 5) is 11.3. The van der Waals surface area contributed by atoms with Crippen LogP contribution in [0.4, 0.5) is 0 Å². The Kier molecular flexibility index (Phi) is 3.94. The smallest absolute Gasteiger partial charge is 0.339 e. The number of methoxy groups -OCH3 is 1. The molecule has 0 saturated heterocycles. The number of carbonyl (C=O) groups is 1. The highest BCUT2D eigenvalue weighted by Crippen LogP contribution is 2.21. The van der Waals surface area contributed by atoms with Crippen LogP contribution in [0.15, 0.2) is 18.2 Å². The van der Waals surface area contributed by atoms with Crippen molar-refractivity contribution < 1.29 is 9.53 Å². The molecule has 3 nitrogen and oxygen atoms in total. The number of hydrogen-bond acceptors (Lipinski definition) is 3. The number of ether oxygens (including phenoxy) is 1. The molecule has 1 rings (SSSR count). The second-order valence-electron chi connectivity index (χ2n) is 4.47. The topological polar surface area (TPSA) is 52.3 Å². The number of halogens is 1. The minimum Gasteiger partial charge on any atom is -0.465 e. The Morgan fingerprint density at radius 1 is 1.50 bits per heavy atom. The SMILES string of the molecule is COC(=O)c1ccc(CC(C)(C)N)cc1Cl. The maximum Gasteiger partial charge on any atom is 0.339 e. The summed E-state index contributed by atoms with van der Waals surface area (Å²) in [7, 11) is 1.33. The Morgan fingerprint density at radius 2 is 2.12 bits per heavy atom. The highest BCUT2D eigenvalue weighted by Gasteiger charge is 2.15. The van der Waals surface area contributed by atoms with E-state index in [1.165, 1.54) is 7.11 Å². The van der Waals surface area contributed by atoms with Gasteiger partial charge in [0.15, 0.2) is 0 Å². The number of hydrogen-bond donors (Lipinski definition) is 1. The van der Waals surface area contributed by atoms with Crippen molar-refractivity contribution in [1.29, 1.82) is 0 Å². The van der Waals surface area contributed by atoms with Gasteiger partial charge in [-0.3, -0.25) is 0 Å². The minimum absolute atomic E-state index is 0.296. The molecule has 0 fully saturated rings. The monoisotopic (exact) mass is 241 g/mol. The van der Waals surface area contributed by atoms with Gasteiger partial charge in [0.1, 0.15) is 0 Å². The molecule has 0 aromatic heterocycles. The Morgan fingerprint density at radius 3 is 2.56 bits per heavy atom. The number of carbonyl (C=O) groups excluding carboxylic acids is 1. The van der Waals surface area contributed by atoms with Gasteiger partial charge in [0.25, 0.3) is 0 Å². The lowest BCUT2D eigenvalue weighted by Crippen LogP contribution is -2.34. The lowest BCUT2D eigenvalue weighted by Gasteiger charge is -2.18. The summed E-state index contributed by atoms with van der Waals surface area (Å²) in [5, 5.41) is 0.397. The second-order valence-corrected chi connectivity index (χ2v) is 4.88. The van der Waals surface area contributed by atoms with E-state index in [-0.39, 0.29) is 5.54 Å². The van der Waals surface area contributed by atoms with Crippen molar-refractivity contribution in [3.8, 4) is 0 Å². The molecular formula is C12H16ClNO2. The van der Waals surface area contributed by atoms with Crippen LogP contribution in [-0.2, 0) is 11.2 Å². The first-order valence-corrected chi connectivity index (χ1v) is 5.37. The molecule has 0 aliphatic rings. The molecule has 0 unspecified atom stereocenters. The number of esters is 1. The molecule has 2 N–H and O–H groups in total. The molecule has 1 aromatic carbocycles. The first-order valence-electron chi connectivity index (χ1n) is 4.99. The lowest BCUT2D eigenvalue weighted by atomic mass is 9.95. The van der Waals surface area contributed by atoms with Crippen LogP contribution in [-0.4, -0.2) is 18.6 Å². The fraction of sp³-hybridized carbons (Fsp3) is 0.417. The highest BCUT2D eigenvalue weighted by atomic mass is 35.5. The van der Waals surface area contributed by atoms with Gasteiger partial charge in [-0.05, 0) is 38.0 Å². The molecule has 0 aliphatic carbocycles. The third-order valence-electron chi connectivity index (χ3n) is 2.10. The maximum atomic E-state index is 11.3. The van der Waals surface area contributed by atoms with Crippen molar-refractivity contribution in [2.75, 3.05) is 7.11 Å². The van der Waals surface area contributed by atoms with Crippen LogP contribution in [0.5, 0.6) is 0 Å². The van der Waals surface area contributed by atoms with Gasteiger partial charge in [0.2, 0.25) is 0 Å². The zero-order chi connectivity index (χ0) is 12.3. The van der Waals surface area contributed by atoms with E-state index in [4.69, 9.17) is 17.3 Å². The van der Waals surface area contributed by atoms with Crippen molar-refractivity contribution in [3.05, 3.63) is 34.3 Å². The van der Waals surface area contributed by atoms with E-state index in [1.54, 1.807) is 12.1 Å². The fourth-order valence-electron chi connectivity index (χ4n) is 1.47. The predicted octanol–water partition coefficient (Wildman–Crippen LogP) is 2.41. The van der Waals surface area contributed by atoms with E-state index in [0.717, 1.165) is 5.56 Å². The van der Waals surface area contributed by atoms with Gasteiger partial charge in [-0.1, -0.05) is 17.7 Å². The van der Waals surface area contributed by atoms with Crippen LogP contribution in [0.3, 0.4) is 0 Å². The number of rotatable bonds is 3. The zero-order valence-electron chi connectivity index (χ0n) is 9.71. The van der Waals surface area contributed by atoms with Crippen LogP contribution in [0.1, 0.15) is 29.8 Å². The summed E-state index contributed by atoms with van der Waals surface area (Å²) in [5.74, 6) is -0.427. The van der Waals surface area contributed by atoms with Crippen LogP contribution in [0.25, 0.3) is 0 Å². The normalized spacial score (nSPS) is 11.3. The molecule has 16 heavy (non-hydrogen) atoms. The van der Waals surface area contributed by atoms with E-state index in [9.17, 15) is 4.79 Å². The quantitative estimate of drug-likeness (QED) is 0.827. The van der Waals surface area contributed by atoms with Crippen LogP contribution < -0.4 is 5.73 Å². The molecule has 0 saturated carbocycles. The summed E-state index contributed by atoms with van der Waals surface area (Å²) in [6.07, 6.45) is 0.703. The zero-order valence-corrected chi connectivity index (χ0v) is 10.5. The molecular weight excluding hydrogens is 226 g/mol. The van der Waals surface area contributed by atoms with Crippen LogP contribution in [0.2, 0.25) is 5.02 Å². The standard InChI is InChI=1S/C12H16ClNO2/c1-12(2,14)7-8-4-5-9(10(13)6-8)11(15)16-3/h4-6H,7,14H2,1-3H3. The molecule has 0 spiro atoms. The third-order valence-corrected chi connectivity index (χ3v) is 2.41. The van der Waals surface area contributed by atoms with Gasteiger partial charge in [0, 0.05) is 5.54 Å². The van der Waals surface area contributed by atoms with E-state index < -0.39 is 5.97 Å². The van der Waals surface area contributed by atoms with Crippen molar-refractivity contribution in [2.45, 2.75) is 25.8 Å². The minimum atomic E-state index is -0.427. The Labute approximate surface area is 101 Å². The van der Waals surface area contributed by atoms with Gasteiger partial charge in [-0.15, -0.1) is 0 Å². The average molecular weight is 242 g/mol. The summed E-state index contributed by atoms with van der Waals surface area (Å²) >= 11 is 5.99. The average Bonchev–Trinajstić information content (AvgIpc) is 2.14. The van der Waals surface area contributed by atoms with Gasteiger partial charge in [-0.25, -0.2) is 4.79 Å². The second kappa shape index (κ2) is 4.85. The highest BCUT2D eigenvalue weighted by molar-refractivity contribution is 6.33. The third kappa shape index (κ3) is 3.51. The van der Waals surface area contributed by atoms with E-state index in [0.29, 0.717) is 17.0 Å². The summed E-state index contributed by atoms with van der Waals surface area (Å²) in [6.45, 7) is 3.88. The summed E-state index contributed by atoms with van der Waals surface area (Å²) in [6, 6.07) is 5.25. The molecule has 4 heteroatoms. The van der Waals surface area contributed by atoms with Gasteiger partial charge in [-0.2, -0.15) is 0 Å². The van der Waals surface area contributed by atoms with E-state index in [1.807, 2.05) is 19.9 Å². The van der Waals surface area contributed by atoms with Crippen molar-refractivity contribution in [1.82, 2.24) is 0 Å². The Bertz CT molecular complexity index is 396. The van der Waals surface area contributed by atoms with Crippen molar-refractivity contribution in [3.63, 3.8) is 0 Å². The van der Waals surface area contributed by atoms with Gasteiger partial charge in [0.05, 0.1) is 17.7 Å². The molecule has 0 heterocycles. The molecule has 0 aliphatic heterocycles. The number of benzene rings is 1. The predicted molar refractivity (Wildman–Crippen MR) is 64.8 cm³/mol. The van der Waals surface area contributed by atoms with E-state index in [2.05, 4.69) is 4.74 Å². The maximum absolute atomic E-state index is 11.3. The molecule has 0 amide bonds. The molecule has 0 radical (unpaired) electrons. The van der Waals surface area contributed by atoms with Crippen molar-refractivity contribution >= 4 is 17.6 Å². The van der Waals surface area contributed by atoms with Crippen LogP contribution in [0, 0.1) is 0 Å². The Balaban J connectivity index is 2.96. The largest absolute Gasteiger partial charge is 0.465 e. The molecule has 0 atom stereocenters. The molecule has 0 bridgehead atoms. The first-order chi connectivity index (χ1) is 7.33. The van der Waals surface area contributed by atoms with Crippen molar-refractivity contribution in [2.24, 2.45) is 5.73 Å². The van der Waals surface area contributed by atoms with Gasteiger partial charge < -0.3 is 10.5 Å². The van der Waals surface area contributed by atoms with Gasteiger partial charge >= 0.3 is 5.97 Å². The fourth-order valence-corrected chi connectivity index (χ4v) is 1.75. The summed E-state index contributed by atoms with van der Waals surface area (Å²) < 4.78 is 4.61. The van der Waals surface area contributed by atoms with E-state index >= 15 is 0 Å². The Hall–Kier alpha value is -1.06. The first kappa shape index (κ1) is 13.0.